The van der Waals surface area contributed by atoms with Gasteiger partial charge in [0, 0.05) is 6.61 Å². The van der Waals surface area contributed by atoms with Gasteiger partial charge in [-0.25, -0.2) is 0 Å². The van der Waals surface area contributed by atoms with Crippen molar-refractivity contribution in [2.24, 2.45) is 5.92 Å². The van der Waals surface area contributed by atoms with Gasteiger partial charge in [-0.2, -0.15) is 8.78 Å². The van der Waals surface area contributed by atoms with Gasteiger partial charge in [0.25, 0.3) is 0 Å². The Hall–Kier alpha value is -0.220. The maximum absolute atomic E-state index is 11.7. The van der Waals surface area contributed by atoms with E-state index in [4.69, 9.17) is 5.11 Å². The zero-order chi connectivity index (χ0) is 8.97. The smallest absolute Gasteiger partial charge is 0.345 e. The Kier molecular flexibility index (Phi) is 3.88. The molecule has 1 aliphatic carbocycles. The van der Waals surface area contributed by atoms with Crippen LogP contribution in [0.1, 0.15) is 25.7 Å². The van der Waals surface area contributed by atoms with Crippen LogP contribution < -0.4 is 0 Å². The summed E-state index contributed by atoms with van der Waals surface area (Å²) in [5.74, 6) is 0.294. The predicted octanol–water partition coefficient (Wildman–Crippen LogP) is 1.78. The Balaban J connectivity index is 2.17. The van der Waals surface area contributed by atoms with E-state index >= 15 is 0 Å². The molecule has 1 rings (SSSR count). The first-order valence-electron chi connectivity index (χ1n) is 4.27. The van der Waals surface area contributed by atoms with Crippen molar-refractivity contribution >= 4 is 0 Å². The molecule has 0 aliphatic heterocycles. The minimum Gasteiger partial charge on any atom is -0.396 e. The highest BCUT2D eigenvalue weighted by Gasteiger charge is 2.23. The molecule has 72 valence electrons. The molecule has 0 aromatic rings. The van der Waals surface area contributed by atoms with Crippen LogP contribution in [0.25, 0.3) is 0 Å². The van der Waals surface area contributed by atoms with Gasteiger partial charge in [-0.3, -0.25) is 0 Å². The van der Waals surface area contributed by atoms with Crippen LogP contribution >= 0.6 is 0 Å². The van der Waals surface area contributed by atoms with Crippen LogP contribution in [0.5, 0.6) is 0 Å². The molecular formula is C8H14F2O2. The lowest BCUT2D eigenvalue weighted by molar-refractivity contribution is -0.172. The summed E-state index contributed by atoms with van der Waals surface area (Å²) in [6.45, 7) is -2.48. The number of halogens is 2. The lowest BCUT2D eigenvalue weighted by atomic mass is 9.88. The quantitative estimate of drug-likeness (QED) is 0.717. The molecule has 2 nitrogen and oxygen atoms in total. The second kappa shape index (κ2) is 4.72. The lowest BCUT2D eigenvalue weighted by Crippen LogP contribution is -2.24. The van der Waals surface area contributed by atoms with Gasteiger partial charge in [0.2, 0.25) is 0 Å². The summed E-state index contributed by atoms with van der Waals surface area (Å²) in [4.78, 5) is 0. The molecular weight excluding hydrogens is 166 g/mol. The molecule has 0 aromatic carbocycles. The van der Waals surface area contributed by atoms with Gasteiger partial charge >= 0.3 is 6.61 Å². The maximum atomic E-state index is 11.7. The van der Waals surface area contributed by atoms with E-state index in [-0.39, 0.29) is 12.7 Å². The summed E-state index contributed by atoms with van der Waals surface area (Å²) in [6, 6.07) is 0. The molecule has 1 aliphatic rings. The highest BCUT2D eigenvalue weighted by atomic mass is 19.3. The van der Waals surface area contributed by atoms with Crippen LogP contribution in [-0.2, 0) is 4.74 Å². The SMILES string of the molecule is OC[C@H]1CC[C@H](OC(F)F)CC1. The largest absolute Gasteiger partial charge is 0.396 e. The van der Waals surface area contributed by atoms with Crippen molar-refractivity contribution < 1.29 is 18.6 Å². The molecule has 0 amide bonds. The fraction of sp³-hybridized carbons (Fsp3) is 1.00. The van der Waals surface area contributed by atoms with Crippen molar-refractivity contribution in [2.45, 2.75) is 38.4 Å². The van der Waals surface area contributed by atoms with E-state index in [0.29, 0.717) is 18.8 Å². The van der Waals surface area contributed by atoms with Gasteiger partial charge in [-0.15, -0.1) is 0 Å². The molecule has 0 heterocycles. The third-order valence-electron chi connectivity index (χ3n) is 2.35. The fourth-order valence-corrected chi connectivity index (χ4v) is 1.60. The van der Waals surface area contributed by atoms with E-state index in [2.05, 4.69) is 4.74 Å². The fourth-order valence-electron chi connectivity index (χ4n) is 1.60. The average Bonchev–Trinajstić information content (AvgIpc) is 2.05. The van der Waals surface area contributed by atoms with Gasteiger partial charge < -0.3 is 9.84 Å². The Morgan fingerprint density at radius 3 is 2.25 bits per heavy atom. The van der Waals surface area contributed by atoms with Gasteiger partial charge in [-0.1, -0.05) is 0 Å². The summed E-state index contributed by atoms with van der Waals surface area (Å²) in [5, 5.41) is 8.77. The topological polar surface area (TPSA) is 29.5 Å². The number of alkyl halides is 2. The molecule has 0 saturated heterocycles. The standard InChI is InChI=1S/C8H14F2O2/c9-8(10)12-7-3-1-6(5-11)2-4-7/h6-8,11H,1-5H2/t6-,7-. The summed E-state index contributed by atoms with van der Waals surface area (Å²) in [7, 11) is 0. The number of ether oxygens (including phenoxy) is 1. The zero-order valence-electron chi connectivity index (χ0n) is 6.88. The summed E-state index contributed by atoms with van der Waals surface area (Å²) < 4.78 is 27.8. The maximum Gasteiger partial charge on any atom is 0.345 e. The first-order chi connectivity index (χ1) is 5.72. The molecule has 1 N–H and O–H groups in total. The van der Waals surface area contributed by atoms with Crippen LogP contribution in [0, 0.1) is 5.92 Å². The van der Waals surface area contributed by atoms with Crippen molar-refractivity contribution in [1.29, 1.82) is 0 Å². The van der Waals surface area contributed by atoms with Crippen LogP contribution in [0.2, 0.25) is 0 Å². The van der Waals surface area contributed by atoms with Crippen molar-refractivity contribution in [3.63, 3.8) is 0 Å². The summed E-state index contributed by atoms with van der Waals surface area (Å²) >= 11 is 0. The third-order valence-corrected chi connectivity index (χ3v) is 2.35. The summed E-state index contributed by atoms with van der Waals surface area (Å²) in [6.07, 6.45) is 2.60. The van der Waals surface area contributed by atoms with Crippen LogP contribution in [0.4, 0.5) is 8.78 Å². The first-order valence-corrected chi connectivity index (χ1v) is 4.27. The molecule has 1 fully saturated rings. The molecule has 0 atom stereocenters. The third kappa shape index (κ3) is 3.03. The molecule has 0 unspecified atom stereocenters. The van der Waals surface area contributed by atoms with Crippen LogP contribution in [-0.4, -0.2) is 24.4 Å². The molecule has 0 radical (unpaired) electrons. The monoisotopic (exact) mass is 180 g/mol. The molecule has 0 spiro atoms. The number of hydrogen-bond donors (Lipinski definition) is 1. The second-order valence-electron chi connectivity index (χ2n) is 3.22. The number of aliphatic hydroxyl groups excluding tert-OH is 1. The normalized spacial score (nSPS) is 31.0. The molecule has 0 aromatic heterocycles. The van der Waals surface area contributed by atoms with E-state index in [1.165, 1.54) is 0 Å². The second-order valence-corrected chi connectivity index (χ2v) is 3.22. The van der Waals surface area contributed by atoms with Gasteiger partial charge in [0.05, 0.1) is 6.10 Å². The molecule has 0 bridgehead atoms. The lowest BCUT2D eigenvalue weighted by Gasteiger charge is -2.26. The minimum atomic E-state index is -2.65. The summed E-state index contributed by atoms with van der Waals surface area (Å²) in [5.41, 5.74) is 0. The van der Waals surface area contributed by atoms with E-state index in [1.54, 1.807) is 0 Å². The van der Waals surface area contributed by atoms with Crippen LogP contribution in [0.3, 0.4) is 0 Å². The number of hydrogen-bond acceptors (Lipinski definition) is 2. The van der Waals surface area contributed by atoms with E-state index in [9.17, 15) is 8.78 Å². The average molecular weight is 180 g/mol. The zero-order valence-corrected chi connectivity index (χ0v) is 6.88. The van der Waals surface area contributed by atoms with Crippen molar-refractivity contribution in [3.8, 4) is 0 Å². The highest BCUT2D eigenvalue weighted by molar-refractivity contribution is 4.71. The predicted molar refractivity (Wildman–Crippen MR) is 39.9 cm³/mol. The Bertz CT molecular complexity index is 122. The number of aliphatic hydroxyl groups is 1. The molecule has 12 heavy (non-hydrogen) atoms. The van der Waals surface area contributed by atoms with Crippen molar-refractivity contribution in [2.75, 3.05) is 6.61 Å². The van der Waals surface area contributed by atoms with E-state index < -0.39 is 6.61 Å². The van der Waals surface area contributed by atoms with Gasteiger partial charge in [-0.05, 0) is 31.6 Å². The number of rotatable bonds is 3. The Labute approximate surface area is 70.5 Å². The first kappa shape index (κ1) is 9.86. The highest BCUT2D eigenvalue weighted by Crippen LogP contribution is 2.26. The van der Waals surface area contributed by atoms with Crippen molar-refractivity contribution in [3.05, 3.63) is 0 Å². The molecule has 1 saturated carbocycles. The van der Waals surface area contributed by atoms with Gasteiger partial charge in [0.1, 0.15) is 0 Å². The van der Waals surface area contributed by atoms with Gasteiger partial charge in [0.15, 0.2) is 0 Å². The Morgan fingerprint density at radius 2 is 1.83 bits per heavy atom. The van der Waals surface area contributed by atoms with Crippen LogP contribution in [0.15, 0.2) is 0 Å². The molecule has 4 heteroatoms. The van der Waals surface area contributed by atoms with E-state index in [0.717, 1.165) is 12.8 Å². The van der Waals surface area contributed by atoms with E-state index in [1.807, 2.05) is 0 Å². The Morgan fingerprint density at radius 1 is 1.25 bits per heavy atom. The minimum absolute atomic E-state index is 0.168. The van der Waals surface area contributed by atoms with Crippen molar-refractivity contribution in [1.82, 2.24) is 0 Å².